The number of hydrogen-bond acceptors (Lipinski definition) is 15. The first-order valence-electron chi connectivity index (χ1n) is 23.2. The minimum atomic E-state index is -1.03. The minimum absolute atomic E-state index is 0.00992. The number of piperidine rings is 2. The molecule has 8 rings (SSSR count). The second-order valence-electron chi connectivity index (χ2n) is 16.8. The van der Waals surface area contributed by atoms with Gasteiger partial charge in [0, 0.05) is 87.6 Å². The van der Waals surface area contributed by atoms with Crippen LogP contribution in [0.1, 0.15) is 63.2 Å². The predicted molar refractivity (Wildman–Crippen MR) is 250 cm³/mol. The number of nitrogens with zero attached hydrogens (tertiary/aromatic N) is 6. The van der Waals surface area contributed by atoms with Crippen molar-refractivity contribution >= 4 is 58.4 Å². The van der Waals surface area contributed by atoms with Gasteiger partial charge >= 0.3 is 6.01 Å². The van der Waals surface area contributed by atoms with E-state index in [9.17, 15) is 33.6 Å². The van der Waals surface area contributed by atoms with Crippen molar-refractivity contribution in [2.24, 2.45) is 5.92 Å². The van der Waals surface area contributed by atoms with Crippen LogP contribution in [-0.2, 0) is 33.4 Å². The number of rotatable bonds is 20. The highest BCUT2D eigenvalue weighted by Crippen LogP contribution is 2.32. The summed E-state index contributed by atoms with van der Waals surface area (Å²) in [6, 6.07) is 20.8. The highest BCUT2D eigenvalue weighted by Gasteiger charge is 2.45. The third kappa shape index (κ3) is 12.2. The molecule has 4 aromatic rings. The number of benzene rings is 3. The van der Waals surface area contributed by atoms with Crippen molar-refractivity contribution in [2.45, 2.75) is 38.1 Å². The van der Waals surface area contributed by atoms with Crippen LogP contribution in [0.4, 0.5) is 17.1 Å². The Morgan fingerprint density at radius 3 is 2.06 bits per heavy atom. The van der Waals surface area contributed by atoms with E-state index in [1.54, 1.807) is 35.2 Å². The quantitative estimate of drug-likeness (QED) is 0.0852. The van der Waals surface area contributed by atoms with Crippen molar-refractivity contribution in [1.29, 1.82) is 0 Å². The molecule has 20 nitrogen and oxygen atoms in total. The molecule has 362 valence electrons. The van der Waals surface area contributed by atoms with Crippen LogP contribution in [0.25, 0.3) is 0 Å². The normalized spacial score (nSPS) is 17.4. The van der Waals surface area contributed by atoms with Gasteiger partial charge in [-0.15, -0.1) is 0 Å². The topological polar surface area (TPSA) is 231 Å². The lowest BCUT2D eigenvalue weighted by molar-refractivity contribution is -0.143. The number of aromatic nitrogens is 2. The van der Waals surface area contributed by atoms with Gasteiger partial charge in [-0.25, -0.2) is 9.97 Å². The van der Waals surface area contributed by atoms with Gasteiger partial charge in [0.1, 0.15) is 11.8 Å². The number of imide groups is 2. The molecule has 69 heavy (non-hydrogen) atoms. The molecular weight excluding hydrogens is 891 g/mol. The zero-order valence-corrected chi connectivity index (χ0v) is 38.1. The van der Waals surface area contributed by atoms with Gasteiger partial charge in [-0.3, -0.25) is 43.8 Å². The predicted octanol–water partition coefficient (Wildman–Crippen LogP) is 3.36. The standard InChI is InChI=1S/C49H55N9O11/c59-41-14-13-40(45(62)54-41)58-47(64)38-7-4-8-39(43(38)48(58)65)50-18-26-67-28-30-68-29-27-66-25-17-42(60)56-21-23-57(24-22-56)46(63)33-15-19-55(20-16-33)36-11-9-35(10-12-36)53-44(61)34-31-51-49(52-32-34)69-37-5-2-1-3-6-37/h1-12,31-33,40,50H,13-30H2,(H,53,61)(H,54,59,62). The highest BCUT2D eigenvalue weighted by molar-refractivity contribution is 6.25. The number of ether oxygens (including phenoxy) is 4. The fourth-order valence-corrected chi connectivity index (χ4v) is 8.64. The number of nitrogens with one attached hydrogen (secondary N) is 3. The van der Waals surface area contributed by atoms with E-state index in [-0.39, 0.29) is 66.6 Å². The Morgan fingerprint density at radius 1 is 0.696 bits per heavy atom. The van der Waals surface area contributed by atoms with Crippen molar-refractivity contribution < 1.29 is 52.5 Å². The lowest BCUT2D eigenvalue weighted by Gasteiger charge is -2.39. The molecule has 5 heterocycles. The first kappa shape index (κ1) is 48.2. The number of hydrogen-bond donors (Lipinski definition) is 3. The zero-order valence-electron chi connectivity index (χ0n) is 38.1. The molecule has 4 aliphatic heterocycles. The Kier molecular flexibility index (Phi) is 16.2. The van der Waals surface area contributed by atoms with E-state index < -0.39 is 29.7 Å². The fraction of sp³-hybridized carbons (Fsp3) is 0.408. The summed E-state index contributed by atoms with van der Waals surface area (Å²) in [5, 5.41) is 8.21. The number of anilines is 3. The largest absolute Gasteiger partial charge is 0.424 e. The first-order valence-corrected chi connectivity index (χ1v) is 23.2. The molecule has 3 saturated heterocycles. The smallest absolute Gasteiger partial charge is 0.321 e. The van der Waals surface area contributed by atoms with Gasteiger partial charge in [-0.1, -0.05) is 24.3 Å². The number of amides is 7. The van der Waals surface area contributed by atoms with Gasteiger partial charge in [0.05, 0.1) is 62.8 Å². The summed E-state index contributed by atoms with van der Waals surface area (Å²) < 4.78 is 22.4. The van der Waals surface area contributed by atoms with Crippen molar-refractivity contribution in [1.82, 2.24) is 30.0 Å². The molecule has 3 aromatic carbocycles. The van der Waals surface area contributed by atoms with Gasteiger partial charge in [-0.2, -0.15) is 0 Å². The Morgan fingerprint density at radius 2 is 1.36 bits per heavy atom. The molecule has 4 aliphatic rings. The SMILES string of the molecule is O=C1CCC(N2C(=O)c3cccc(NCCOCCOCCOCCC(=O)N4CCN(C(=O)C5CCN(c6ccc(NC(=O)c7cnc(Oc8ccccc8)nc7)cc6)CC5)CC4)c3C2=O)C(=O)N1. The Balaban J connectivity index is 0.639. The van der Waals surface area contributed by atoms with Crippen LogP contribution in [0.2, 0.25) is 0 Å². The summed E-state index contributed by atoms with van der Waals surface area (Å²) >= 11 is 0. The lowest BCUT2D eigenvalue weighted by Crippen LogP contribution is -2.54. The van der Waals surface area contributed by atoms with Crippen molar-refractivity contribution in [2.75, 3.05) is 101 Å². The molecule has 7 amide bonds. The van der Waals surface area contributed by atoms with E-state index in [2.05, 4.69) is 30.8 Å². The maximum atomic E-state index is 13.5. The third-order valence-corrected chi connectivity index (χ3v) is 12.4. The highest BCUT2D eigenvalue weighted by atomic mass is 16.5. The summed E-state index contributed by atoms with van der Waals surface area (Å²) in [4.78, 5) is 105. The van der Waals surface area contributed by atoms with Crippen LogP contribution in [0.3, 0.4) is 0 Å². The van der Waals surface area contributed by atoms with E-state index in [0.29, 0.717) is 88.4 Å². The number of para-hydroxylation sites is 1. The monoisotopic (exact) mass is 945 g/mol. The van der Waals surface area contributed by atoms with Crippen LogP contribution < -0.4 is 25.6 Å². The van der Waals surface area contributed by atoms with Crippen LogP contribution >= 0.6 is 0 Å². The van der Waals surface area contributed by atoms with Crippen molar-refractivity contribution in [3.05, 3.63) is 102 Å². The average Bonchev–Trinajstić information content (AvgIpc) is 3.63. The zero-order chi connectivity index (χ0) is 48.1. The molecule has 1 aromatic heterocycles. The number of fused-ring (bicyclic) bond motifs is 1. The fourth-order valence-electron chi connectivity index (χ4n) is 8.64. The minimum Gasteiger partial charge on any atom is -0.424 e. The number of carbonyl (C=O) groups is 7. The molecule has 0 spiro atoms. The summed E-state index contributed by atoms with van der Waals surface area (Å²) in [5.41, 5.74) is 2.80. The average molecular weight is 946 g/mol. The van der Waals surface area contributed by atoms with Crippen LogP contribution in [-0.4, -0.2) is 158 Å². The van der Waals surface area contributed by atoms with Gasteiger partial charge in [0.2, 0.25) is 23.6 Å². The Hall–Kier alpha value is -7.29. The Bertz CT molecular complexity index is 2480. The van der Waals surface area contributed by atoms with Crippen molar-refractivity contribution in [3.63, 3.8) is 0 Å². The molecule has 0 saturated carbocycles. The molecular formula is C49H55N9O11. The summed E-state index contributed by atoms with van der Waals surface area (Å²) in [6.45, 7) is 5.66. The second kappa shape index (κ2) is 23.1. The molecule has 1 atom stereocenters. The van der Waals surface area contributed by atoms with E-state index in [1.165, 1.54) is 12.4 Å². The maximum Gasteiger partial charge on any atom is 0.321 e. The van der Waals surface area contributed by atoms with Crippen LogP contribution in [0, 0.1) is 5.92 Å². The number of piperazine rings is 1. The van der Waals surface area contributed by atoms with E-state index in [0.717, 1.165) is 36.5 Å². The summed E-state index contributed by atoms with van der Waals surface area (Å²) in [7, 11) is 0. The van der Waals surface area contributed by atoms with Crippen molar-refractivity contribution in [3.8, 4) is 11.8 Å². The van der Waals surface area contributed by atoms with Gasteiger partial charge in [0.15, 0.2) is 0 Å². The third-order valence-electron chi connectivity index (χ3n) is 12.4. The second-order valence-corrected chi connectivity index (χ2v) is 16.8. The molecule has 3 fully saturated rings. The Labute approximate surface area is 398 Å². The summed E-state index contributed by atoms with van der Waals surface area (Å²) in [6.07, 6.45) is 4.68. The summed E-state index contributed by atoms with van der Waals surface area (Å²) in [5.74, 6) is -1.91. The van der Waals surface area contributed by atoms with Crippen LogP contribution in [0.15, 0.2) is 85.2 Å². The van der Waals surface area contributed by atoms with E-state index in [1.807, 2.05) is 47.4 Å². The van der Waals surface area contributed by atoms with Gasteiger partial charge in [-0.05, 0) is 67.8 Å². The van der Waals surface area contributed by atoms with Gasteiger partial charge in [0.25, 0.3) is 17.7 Å². The molecule has 3 N–H and O–H groups in total. The maximum absolute atomic E-state index is 13.5. The molecule has 0 radical (unpaired) electrons. The number of carbonyl (C=O) groups excluding carboxylic acids is 7. The van der Waals surface area contributed by atoms with E-state index >= 15 is 0 Å². The molecule has 20 heteroatoms. The lowest BCUT2D eigenvalue weighted by atomic mass is 9.94. The molecule has 0 bridgehead atoms. The van der Waals surface area contributed by atoms with Gasteiger partial charge < -0.3 is 44.3 Å². The van der Waals surface area contributed by atoms with E-state index in [4.69, 9.17) is 18.9 Å². The molecule has 1 unspecified atom stereocenters. The first-order chi connectivity index (χ1) is 33.6. The molecule has 0 aliphatic carbocycles. The van der Waals surface area contributed by atoms with Crippen LogP contribution in [0.5, 0.6) is 11.8 Å².